The average molecular weight is 238 g/mol. The number of nitrogens with zero attached hydrogens (tertiary/aromatic N) is 1. The van der Waals surface area contributed by atoms with E-state index < -0.39 is 0 Å². The summed E-state index contributed by atoms with van der Waals surface area (Å²) in [7, 11) is 0. The lowest BCUT2D eigenvalue weighted by molar-refractivity contribution is 0.0838. The summed E-state index contributed by atoms with van der Waals surface area (Å²) in [5, 5.41) is 0. The molecule has 2 rings (SSSR count). The number of likely N-dealkylation sites (tertiary alicyclic amines) is 1. The Labute approximate surface area is 107 Å². The average Bonchev–Trinajstić information content (AvgIpc) is 2.35. The Morgan fingerprint density at radius 1 is 1.12 bits per heavy atom. The number of nitrogens with two attached hydrogens (primary N) is 1. The van der Waals surface area contributed by atoms with Crippen molar-refractivity contribution in [2.45, 2.75) is 58.4 Å². The van der Waals surface area contributed by atoms with Crippen LogP contribution in [-0.4, -0.2) is 30.6 Å². The second kappa shape index (κ2) is 6.19. The third kappa shape index (κ3) is 3.69. The highest BCUT2D eigenvalue weighted by Crippen LogP contribution is 2.36. The molecule has 0 radical (unpaired) electrons. The molecule has 1 aliphatic heterocycles. The lowest BCUT2D eigenvalue weighted by atomic mass is 9.75. The molecule has 0 aromatic rings. The van der Waals surface area contributed by atoms with Crippen molar-refractivity contribution in [3.05, 3.63) is 0 Å². The van der Waals surface area contributed by atoms with Crippen LogP contribution in [0.2, 0.25) is 0 Å². The molecule has 2 N–H and O–H groups in total. The molecule has 100 valence electrons. The smallest absolute Gasteiger partial charge is 0.00740 e. The summed E-state index contributed by atoms with van der Waals surface area (Å²) in [6, 6.07) is 0.388. The van der Waals surface area contributed by atoms with Crippen LogP contribution < -0.4 is 5.73 Å². The Bertz CT molecular complexity index is 227. The molecule has 3 atom stereocenters. The normalized spacial score (nSPS) is 32.5. The molecule has 1 saturated carbocycles. The predicted octanol–water partition coefficient (Wildman–Crippen LogP) is 2.87. The van der Waals surface area contributed by atoms with Crippen LogP contribution in [0.15, 0.2) is 0 Å². The van der Waals surface area contributed by atoms with Gasteiger partial charge in [-0.25, -0.2) is 0 Å². The summed E-state index contributed by atoms with van der Waals surface area (Å²) in [6.45, 7) is 8.38. The van der Waals surface area contributed by atoms with Crippen LogP contribution in [-0.2, 0) is 0 Å². The van der Waals surface area contributed by atoms with E-state index in [1.165, 1.54) is 58.2 Å². The fourth-order valence-corrected chi connectivity index (χ4v) is 3.54. The van der Waals surface area contributed by atoms with Gasteiger partial charge in [-0.3, -0.25) is 0 Å². The highest BCUT2D eigenvalue weighted by molar-refractivity contribution is 4.84. The van der Waals surface area contributed by atoms with Gasteiger partial charge in [-0.15, -0.1) is 0 Å². The largest absolute Gasteiger partial charge is 0.327 e. The van der Waals surface area contributed by atoms with Crippen molar-refractivity contribution in [2.24, 2.45) is 23.5 Å². The third-order valence-electron chi connectivity index (χ3n) is 5.01. The molecule has 0 aromatic carbocycles. The molecule has 0 bridgehead atoms. The van der Waals surface area contributed by atoms with Crippen molar-refractivity contribution < 1.29 is 0 Å². The Balaban J connectivity index is 1.72. The maximum atomic E-state index is 6.14. The molecule has 2 aliphatic rings. The van der Waals surface area contributed by atoms with Crippen molar-refractivity contribution in [3.8, 4) is 0 Å². The number of hydrogen-bond acceptors (Lipinski definition) is 2. The zero-order valence-corrected chi connectivity index (χ0v) is 11.7. The van der Waals surface area contributed by atoms with E-state index in [9.17, 15) is 0 Å². The number of piperidine rings is 1. The van der Waals surface area contributed by atoms with Gasteiger partial charge >= 0.3 is 0 Å². The van der Waals surface area contributed by atoms with Gasteiger partial charge in [0.1, 0.15) is 0 Å². The van der Waals surface area contributed by atoms with Crippen LogP contribution in [0.5, 0.6) is 0 Å². The van der Waals surface area contributed by atoms with E-state index in [0.717, 1.165) is 11.8 Å². The quantitative estimate of drug-likeness (QED) is 0.816. The molecule has 0 spiro atoms. The Morgan fingerprint density at radius 2 is 1.82 bits per heavy atom. The maximum absolute atomic E-state index is 6.14. The van der Waals surface area contributed by atoms with Crippen molar-refractivity contribution in [3.63, 3.8) is 0 Å². The minimum Gasteiger partial charge on any atom is -0.327 e. The third-order valence-corrected chi connectivity index (χ3v) is 5.01. The summed E-state index contributed by atoms with van der Waals surface area (Å²) in [5.74, 6) is 2.69. The lowest BCUT2D eigenvalue weighted by Crippen LogP contribution is -2.43. The van der Waals surface area contributed by atoms with E-state index in [-0.39, 0.29) is 0 Å². The Kier molecular flexibility index (Phi) is 4.87. The number of fused-ring (bicyclic) bond motifs is 1. The van der Waals surface area contributed by atoms with Crippen molar-refractivity contribution in [1.29, 1.82) is 0 Å². The molecule has 0 amide bonds. The minimum absolute atomic E-state index is 0.388. The summed E-state index contributed by atoms with van der Waals surface area (Å²) >= 11 is 0. The van der Waals surface area contributed by atoms with E-state index in [1.54, 1.807) is 0 Å². The molecule has 2 nitrogen and oxygen atoms in total. The molecule has 1 heterocycles. The van der Waals surface area contributed by atoms with Crippen LogP contribution >= 0.6 is 0 Å². The fourth-order valence-electron chi connectivity index (χ4n) is 3.54. The standard InChI is InChI=1S/C15H30N2/c1-12(2)15(16)8-10-17-9-7-13-5-3-4-6-14(13)11-17/h12-15H,3-11,16H2,1-2H3/t13-,14-,15-/m1/s1. The molecule has 1 aliphatic carbocycles. The first-order valence-corrected chi connectivity index (χ1v) is 7.64. The molecule has 2 fully saturated rings. The van der Waals surface area contributed by atoms with Crippen LogP contribution in [0.4, 0.5) is 0 Å². The molecular formula is C15H30N2. The van der Waals surface area contributed by atoms with Crippen LogP contribution in [0.3, 0.4) is 0 Å². The van der Waals surface area contributed by atoms with Crippen LogP contribution in [0.1, 0.15) is 52.4 Å². The van der Waals surface area contributed by atoms with E-state index in [1.807, 2.05) is 0 Å². The molecule has 0 aromatic heterocycles. The molecule has 17 heavy (non-hydrogen) atoms. The van der Waals surface area contributed by atoms with Gasteiger partial charge in [0, 0.05) is 12.6 Å². The molecule has 0 unspecified atom stereocenters. The van der Waals surface area contributed by atoms with Crippen LogP contribution in [0, 0.1) is 17.8 Å². The highest BCUT2D eigenvalue weighted by atomic mass is 15.1. The van der Waals surface area contributed by atoms with Crippen molar-refractivity contribution in [2.75, 3.05) is 19.6 Å². The first-order valence-electron chi connectivity index (χ1n) is 7.64. The van der Waals surface area contributed by atoms with E-state index >= 15 is 0 Å². The maximum Gasteiger partial charge on any atom is 0.00740 e. The van der Waals surface area contributed by atoms with Gasteiger partial charge < -0.3 is 10.6 Å². The Morgan fingerprint density at radius 3 is 2.53 bits per heavy atom. The summed E-state index contributed by atoms with van der Waals surface area (Å²) in [5.41, 5.74) is 6.14. The fraction of sp³-hybridized carbons (Fsp3) is 1.00. The van der Waals surface area contributed by atoms with Gasteiger partial charge in [0.05, 0.1) is 0 Å². The van der Waals surface area contributed by atoms with E-state index in [0.29, 0.717) is 12.0 Å². The molecule has 1 saturated heterocycles. The molecular weight excluding hydrogens is 208 g/mol. The second-order valence-corrected chi connectivity index (χ2v) is 6.59. The second-order valence-electron chi connectivity index (χ2n) is 6.59. The SMILES string of the molecule is CC(C)[C@H](N)CCN1CC[C@H]2CCCC[C@@H]2C1. The number of rotatable bonds is 4. The van der Waals surface area contributed by atoms with Gasteiger partial charge in [0.15, 0.2) is 0 Å². The number of hydrogen-bond donors (Lipinski definition) is 1. The van der Waals surface area contributed by atoms with Crippen LogP contribution in [0.25, 0.3) is 0 Å². The summed E-state index contributed by atoms with van der Waals surface area (Å²) in [4.78, 5) is 2.68. The highest BCUT2D eigenvalue weighted by Gasteiger charge is 2.30. The summed E-state index contributed by atoms with van der Waals surface area (Å²) in [6.07, 6.45) is 8.57. The zero-order chi connectivity index (χ0) is 12.3. The lowest BCUT2D eigenvalue weighted by Gasteiger charge is -2.41. The first-order chi connectivity index (χ1) is 8.16. The van der Waals surface area contributed by atoms with E-state index in [4.69, 9.17) is 5.73 Å². The first kappa shape index (κ1) is 13.4. The minimum atomic E-state index is 0.388. The van der Waals surface area contributed by atoms with Gasteiger partial charge in [0.25, 0.3) is 0 Å². The van der Waals surface area contributed by atoms with Gasteiger partial charge in [-0.1, -0.05) is 33.1 Å². The van der Waals surface area contributed by atoms with Gasteiger partial charge in [0.2, 0.25) is 0 Å². The van der Waals surface area contributed by atoms with Gasteiger partial charge in [-0.2, -0.15) is 0 Å². The predicted molar refractivity (Wildman–Crippen MR) is 73.9 cm³/mol. The van der Waals surface area contributed by atoms with E-state index in [2.05, 4.69) is 18.7 Å². The summed E-state index contributed by atoms with van der Waals surface area (Å²) < 4.78 is 0. The zero-order valence-electron chi connectivity index (χ0n) is 11.7. The van der Waals surface area contributed by atoms with Gasteiger partial charge in [-0.05, 0) is 50.1 Å². The van der Waals surface area contributed by atoms with Crippen molar-refractivity contribution >= 4 is 0 Å². The monoisotopic (exact) mass is 238 g/mol. The molecule has 2 heteroatoms. The Hall–Kier alpha value is -0.0800. The van der Waals surface area contributed by atoms with Crippen molar-refractivity contribution in [1.82, 2.24) is 4.90 Å². The topological polar surface area (TPSA) is 29.3 Å².